The van der Waals surface area contributed by atoms with Crippen LogP contribution in [0.2, 0.25) is 0 Å². The highest BCUT2D eigenvalue weighted by atomic mass is 16.4. The Labute approximate surface area is 211 Å². The summed E-state index contributed by atoms with van der Waals surface area (Å²) < 4.78 is 0. The molecular weight excluding hydrogens is 492 g/mol. The summed E-state index contributed by atoms with van der Waals surface area (Å²) in [6.07, 6.45) is -1.96. The Morgan fingerprint density at radius 3 is 1.92 bits per heavy atom. The zero-order valence-corrected chi connectivity index (χ0v) is 19.8. The van der Waals surface area contributed by atoms with Crippen LogP contribution in [0.5, 0.6) is 0 Å². The van der Waals surface area contributed by atoms with Gasteiger partial charge in [0.05, 0.1) is 0 Å². The molecule has 0 radical (unpaired) electrons. The number of benzene rings is 1. The van der Waals surface area contributed by atoms with Crippen molar-refractivity contribution in [1.82, 2.24) is 20.4 Å². The number of carboxylic acid groups (broad SMARTS) is 3. The van der Waals surface area contributed by atoms with E-state index in [4.69, 9.17) is 5.11 Å². The van der Waals surface area contributed by atoms with Crippen molar-refractivity contribution in [2.75, 3.05) is 6.54 Å². The lowest BCUT2D eigenvalue weighted by atomic mass is 10.0. The summed E-state index contributed by atoms with van der Waals surface area (Å²) in [5, 5.41) is 33.2. The SMILES string of the molecule is O=C(O)CC[C@@H](C(=O)O)N1C(=O)CC(=O)N([C@@H](CCCCNC(=O)NCc2ccccc2)C(=O)O)C1=O. The van der Waals surface area contributed by atoms with Crippen LogP contribution in [0.25, 0.3) is 0 Å². The van der Waals surface area contributed by atoms with Crippen molar-refractivity contribution in [2.45, 2.75) is 57.2 Å². The molecule has 2 rings (SSSR count). The fourth-order valence-electron chi connectivity index (χ4n) is 3.73. The van der Waals surface area contributed by atoms with Crippen LogP contribution in [0.15, 0.2) is 30.3 Å². The number of unbranched alkanes of at least 4 members (excludes halogenated alkanes) is 1. The summed E-state index contributed by atoms with van der Waals surface area (Å²) in [6, 6.07) is 3.77. The molecule has 1 aromatic carbocycles. The minimum atomic E-state index is -1.88. The summed E-state index contributed by atoms with van der Waals surface area (Å²) in [5.74, 6) is -6.82. The Bertz CT molecular complexity index is 1050. The zero-order chi connectivity index (χ0) is 27.5. The molecule has 5 N–H and O–H groups in total. The van der Waals surface area contributed by atoms with E-state index < -0.39 is 73.1 Å². The third kappa shape index (κ3) is 8.30. The Morgan fingerprint density at radius 2 is 1.38 bits per heavy atom. The maximum Gasteiger partial charge on any atom is 0.335 e. The van der Waals surface area contributed by atoms with Crippen LogP contribution in [0.3, 0.4) is 0 Å². The van der Waals surface area contributed by atoms with E-state index in [1.54, 1.807) is 0 Å². The molecule has 1 aromatic rings. The van der Waals surface area contributed by atoms with Gasteiger partial charge in [-0.05, 0) is 31.2 Å². The number of carbonyl (C=O) groups is 7. The molecule has 0 aromatic heterocycles. The monoisotopic (exact) mass is 520 g/mol. The first-order valence-corrected chi connectivity index (χ1v) is 11.4. The largest absolute Gasteiger partial charge is 0.481 e. The van der Waals surface area contributed by atoms with Crippen LogP contribution in [-0.2, 0) is 30.5 Å². The smallest absolute Gasteiger partial charge is 0.335 e. The number of nitrogens with one attached hydrogen (secondary N) is 2. The quantitative estimate of drug-likeness (QED) is 0.170. The molecule has 1 aliphatic rings. The molecule has 2 atom stereocenters. The van der Waals surface area contributed by atoms with Crippen LogP contribution < -0.4 is 10.6 Å². The van der Waals surface area contributed by atoms with Crippen molar-refractivity contribution in [2.24, 2.45) is 0 Å². The molecular formula is C23H28N4O10. The minimum Gasteiger partial charge on any atom is -0.481 e. The van der Waals surface area contributed by atoms with Crippen LogP contribution >= 0.6 is 0 Å². The van der Waals surface area contributed by atoms with Gasteiger partial charge in [-0.2, -0.15) is 0 Å². The van der Waals surface area contributed by atoms with Crippen LogP contribution in [0.1, 0.15) is 44.1 Å². The number of carboxylic acids is 3. The molecule has 14 nitrogen and oxygen atoms in total. The van der Waals surface area contributed by atoms with Gasteiger partial charge in [0.25, 0.3) is 0 Å². The van der Waals surface area contributed by atoms with E-state index in [9.17, 15) is 43.8 Å². The van der Waals surface area contributed by atoms with Crippen LogP contribution in [0.4, 0.5) is 9.59 Å². The topological polar surface area (TPSA) is 211 Å². The summed E-state index contributed by atoms with van der Waals surface area (Å²) in [6.45, 7) is 0.488. The number of aliphatic carboxylic acids is 3. The van der Waals surface area contributed by atoms with Gasteiger partial charge in [0.15, 0.2) is 0 Å². The van der Waals surface area contributed by atoms with Gasteiger partial charge >= 0.3 is 30.0 Å². The molecule has 0 unspecified atom stereocenters. The van der Waals surface area contributed by atoms with Gasteiger partial charge in [-0.25, -0.2) is 29.0 Å². The highest BCUT2D eigenvalue weighted by Gasteiger charge is 2.48. The van der Waals surface area contributed by atoms with Crippen molar-refractivity contribution in [1.29, 1.82) is 0 Å². The lowest BCUT2D eigenvalue weighted by Crippen LogP contribution is -2.63. The third-order valence-corrected chi connectivity index (χ3v) is 5.56. The van der Waals surface area contributed by atoms with E-state index >= 15 is 0 Å². The number of carbonyl (C=O) groups excluding carboxylic acids is 4. The van der Waals surface area contributed by atoms with Crippen molar-refractivity contribution in [3.63, 3.8) is 0 Å². The molecule has 1 heterocycles. The predicted molar refractivity (Wildman–Crippen MR) is 124 cm³/mol. The zero-order valence-electron chi connectivity index (χ0n) is 19.8. The number of hydrogen-bond acceptors (Lipinski definition) is 7. The Kier molecular flexibility index (Phi) is 10.5. The fraction of sp³-hybridized carbons (Fsp3) is 0.435. The predicted octanol–water partition coefficient (Wildman–Crippen LogP) is 0.608. The minimum absolute atomic E-state index is 0.169. The van der Waals surface area contributed by atoms with E-state index in [0.29, 0.717) is 17.9 Å². The maximum atomic E-state index is 12.9. The molecule has 0 saturated carbocycles. The first-order valence-electron chi connectivity index (χ1n) is 11.4. The molecule has 1 saturated heterocycles. The van der Waals surface area contributed by atoms with E-state index in [1.165, 1.54) is 0 Å². The second kappa shape index (κ2) is 13.6. The first kappa shape index (κ1) is 28.7. The van der Waals surface area contributed by atoms with Gasteiger partial charge in [-0.1, -0.05) is 30.3 Å². The number of rotatable bonds is 14. The van der Waals surface area contributed by atoms with E-state index in [0.717, 1.165) is 5.56 Å². The second-order valence-electron chi connectivity index (χ2n) is 8.22. The third-order valence-electron chi connectivity index (χ3n) is 5.56. The standard InChI is InChI=1S/C23H28N4O10/c28-17-12-18(29)27(16(21(34)35)9-10-19(30)31)23(37)26(17)15(20(32)33)8-4-5-11-24-22(36)25-13-14-6-2-1-3-7-14/h1-3,6-7,15-16H,4-5,8-13H2,(H,30,31)(H,32,33)(H,34,35)(H2,24,25,36)/t15-,16-/m0/s1. The average Bonchev–Trinajstić information content (AvgIpc) is 2.83. The highest BCUT2D eigenvalue weighted by Crippen LogP contribution is 2.23. The Hall–Kier alpha value is -4.49. The van der Waals surface area contributed by atoms with Crippen molar-refractivity contribution >= 4 is 41.8 Å². The van der Waals surface area contributed by atoms with Gasteiger partial charge in [0.2, 0.25) is 11.8 Å². The van der Waals surface area contributed by atoms with Crippen molar-refractivity contribution in [3.05, 3.63) is 35.9 Å². The van der Waals surface area contributed by atoms with Gasteiger partial charge in [0, 0.05) is 19.5 Å². The van der Waals surface area contributed by atoms with Crippen LogP contribution in [-0.4, -0.2) is 85.5 Å². The maximum absolute atomic E-state index is 12.9. The molecule has 1 aliphatic heterocycles. The van der Waals surface area contributed by atoms with Gasteiger partial charge in [-0.3, -0.25) is 14.4 Å². The number of nitrogens with zero attached hydrogens (tertiary/aromatic N) is 2. The van der Waals surface area contributed by atoms with E-state index in [1.807, 2.05) is 30.3 Å². The van der Waals surface area contributed by atoms with E-state index in [-0.39, 0.29) is 24.3 Å². The van der Waals surface area contributed by atoms with Gasteiger partial charge in [-0.15, -0.1) is 0 Å². The first-order chi connectivity index (χ1) is 17.5. The Morgan fingerprint density at radius 1 is 0.811 bits per heavy atom. The molecule has 200 valence electrons. The Balaban J connectivity index is 1.95. The average molecular weight is 520 g/mol. The lowest BCUT2D eigenvalue weighted by Gasteiger charge is -2.38. The second-order valence-corrected chi connectivity index (χ2v) is 8.22. The molecule has 37 heavy (non-hydrogen) atoms. The van der Waals surface area contributed by atoms with Crippen molar-refractivity contribution < 1.29 is 48.9 Å². The number of barbiturate groups is 1. The normalized spacial score (nSPS) is 15.2. The van der Waals surface area contributed by atoms with Crippen LogP contribution in [0, 0.1) is 0 Å². The van der Waals surface area contributed by atoms with E-state index in [2.05, 4.69) is 10.6 Å². The number of imide groups is 2. The number of hydrogen-bond donors (Lipinski definition) is 5. The molecule has 14 heteroatoms. The molecule has 1 fully saturated rings. The fourth-order valence-corrected chi connectivity index (χ4v) is 3.73. The summed E-state index contributed by atoms with van der Waals surface area (Å²) in [5.41, 5.74) is 0.901. The lowest BCUT2D eigenvalue weighted by molar-refractivity contribution is -0.158. The molecule has 0 bridgehead atoms. The summed E-state index contributed by atoms with van der Waals surface area (Å²) in [4.78, 5) is 84.5. The number of urea groups is 2. The van der Waals surface area contributed by atoms with Crippen molar-refractivity contribution in [3.8, 4) is 0 Å². The van der Waals surface area contributed by atoms with Gasteiger partial charge < -0.3 is 26.0 Å². The molecule has 6 amide bonds. The summed E-state index contributed by atoms with van der Waals surface area (Å²) in [7, 11) is 0. The molecule has 0 spiro atoms. The summed E-state index contributed by atoms with van der Waals surface area (Å²) >= 11 is 0. The highest BCUT2D eigenvalue weighted by molar-refractivity contribution is 6.16. The molecule has 0 aliphatic carbocycles. The van der Waals surface area contributed by atoms with Gasteiger partial charge in [0.1, 0.15) is 18.5 Å². The number of amides is 6.